The minimum Gasteiger partial charge on any atom is -0.372 e. The van der Waals surface area contributed by atoms with Crippen molar-refractivity contribution in [1.29, 1.82) is 0 Å². The normalized spacial score (nSPS) is 22.3. The molecule has 0 radical (unpaired) electrons. The van der Waals surface area contributed by atoms with E-state index in [0.717, 1.165) is 62.9 Å². The van der Waals surface area contributed by atoms with E-state index in [1.165, 1.54) is 0 Å². The van der Waals surface area contributed by atoms with Crippen LogP contribution < -0.4 is 15.5 Å². The number of nitrogens with zero attached hydrogens (tertiary/aromatic N) is 4. The summed E-state index contributed by atoms with van der Waals surface area (Å²) in [6.07, 6.45) is 5.03. The number of piperidine rings is 1. The molecule has 2 atom stereocenters. The summed E-state index contributed by atoms with van der Waals surface area (Å²) < 4.78 is 5.82. The Kier molecular flexibility index (Phi) is 11.0. The van der Waals surface area contributed by atoms with Crippen molar-refractivity contribution in [2.45, 2.75) is 58.8 Å². The van der Waals surface area contributed by atoms with Crippen molar-refractivity contribution >= 4 is 41.7 Å². The molecule has 2 aliphatic heterocycles. The van der Waals surface area contributed by atoms with E-state index in [4.69, 9.17) is 9.73 Å². The molecule has 2 saturated heterocycles. The maximum atomic E-state index is 11.6. The number of pyridine rings is 1. The zero-order valence-corrected chi connectivity index (χ0v) is 22.2. The highest BCUT2D eigenvalue weighted by Gasteiger charge is 2.24. The van der Waals surface area contributed by atoms with Gasteiger partial charge in [0.25, 0.3) is 0 Å². The van der Waals surface area contributed by atoms with Crippen LogP contribution >= 0.6 is 24.0 Å². The minimum atomic E-state index is 0. The quantitative estimate of drug-likeness (QED) is 0.318. The van der Waals surface area contributed by atoms with Gasteiger partial charge in [-0.1, -0.05) is 6.07 Å². The van der Waals surface area contributed by atoms with Gasteiger partial charge < -0.3 is 25.2 Å². The number of aliphatic imine (C=N–C) groups is 1. The number of amides is 1. The zero-order valence-electron chi connectivity index (χ0n) is 19.8. The van der Waals surface area contributed by atoms with Crippen LogP contribution in [0.2, 0.25) is 0 Å². The Morgan fingerprint density at radius 3 is 2.47 bits per heavy atom. The summed E-state index contributed by atoms with van der Waals surface area (Å²) >= 11 is 0. The largest absolute Gasteiger partial charge is 0.372 e. The van der Waals surface area contributed by atoms with Gasteiger partial charge in [-0.2, -0.15) is 0 Å². The van der Waals surface area contributed by atoms with Gasteiger partial charge >= 0.3 is 0 Å². The predicted octanol–water partition coefficient (Wildman–Crippen LogP) is 2.63. The van der Waals surface area contributed by atoms with E-state index in [1.807, 2.05) is 6.20 Å². The number of hydrogen-bond acceptors (Lipinski definition) is 5. The number of morpholine rings is 1. The Morgan fingerprint density at radius 2 is 1.91 bits per heavy atom. The van der Waals surface area contributed by atoms with Gasteiger partial charge in [0, 0.05) is 52.4 Å². The molecule has 2 aliphatic rings. The standard InChI is InChI=1S/C23H38N6O2.HI/c1-5-25-23(28-10-8-19(9-11-28)12-22(30)24-4)27-14-20-6-7-21(26-13-20)29-15-17(2)31-18(3)16-29;/h6-7,13,17-19H,5,8-12,14-16H2,1-4H3,(H,24,30)(H,25,27);1H. The first kappa shape index (κ1) is 26.6. The third-order valence-corrected chi connectivity index (χ3v) is 5.97. The van der Waals surface area contributed by atoms with E-state index in [9.17, 15) is 4.79 Å². The van der Waals surface area contributed by atoms with E-state index in [2.05, 4.69) is 58.3 Å². The summed E-state index contributed by atoms with van der Waals surface area (Å²) in [6, 6.07) is 4.21. The number of likely N-dealkylation sites (tertiary alicyclic amines) is 1. The van der Waals surface area contributed by atoms with Crippen molar-refractivity contribution in [2.75, 3.05) is 44.7 Å². The van der Waals surface area contributed by atoms with Gasteiger partial charge in [-0.15, -0.1) is 24.0 Å². The van der Waals surface area contributed by atoms with Gasteiger partial charge in [0.05, 0.1) is 18.8 Å². The molecule has 1 aromatic rings. The third-order valence-electron chi connectivity index (χ3n) is 5.97. The zero-order chi connectivity index (χ0) is 22.2. The lowest BCUT2D eigenvalue weighted by Gasteiger charge is -2.36. The number of guanidine groups is 1. The Morgan fingerprint density at radius 1 is 1.22 bits per heavy atom. The minimum absolute atomic E-state index is 0. The van der Waals surface area contributed by atoms with Crippen LogP contribution in [0.15, 0.2) is 23.3 Å². The van der Waals surface area contributed by atoms with Crippen LogP contribution in [0.25, 0.3) is 0 Å². The first-order valence-electron chi connectivity index (χ1n) is 11.6. The molecule has 2 unspecified atom stereocenters. The van der Waals surface area contributed by atoms with Crippen molar-refractivity contribution in [3.8, 4) is 0 Å². The number of hydrogen-bond donors (Lipinski definition) is 2. The molecule has 9 heteroatoms. The molecule has 0 bridgehead atoms. The molecule has 180 valence electrons. The first-order chi connectivity index (χ1) is 15.0. The molecular formula is C23H39IN6O2. The van der Waals surface area contributed by atoms with Gasteiger partial charge in [0.2, 0.25) is 5.91 Å². The molecule has 3 heterocycles. The molecule has 0 saturated carbocycles. The summed E-state index contributed by atoms with van der Waals surface area (Å²) in [5, 5.41) is 6.15. The van der Waals surface area contributed by atoms with Gasteiger partial charge in [0.15, 0.2) is 5.96 Å². The van der Waals surface area contributed by atoms with Gasteiger partial charge in [-0.25, -0.2) is 9.98 Å². The van der Waals surface area contributed by atoms with Crippen molar-refractivity contribution in [1.82, 2.24) is 20.5 Å². The molecule has 2 N–H and O–H groups in total. The summed E-state index contributed by atoms with van der Waals surface area (Å²) in [6.45, 7) is 11.3. The summed E-state index contributed by atoms with van der Waals surface area (Å²) in [4.78, 5) is 25.8. The van der Waals surface area contributed by atoms with Gasteiger partial charge in [-0.05, 0) is 51.2 Å². The average molecular weight is 559 g/mol. The number of rotatable bonds is 6. The smallest absolute Gasteiger partial charge is 0.220 e. The highest BCUT2D eigenvalue weighted by atomic mass is 127. The maximum absolute atomic E-state index is 11.6. The second-order valence-corrected chi connectivity index (χ2v) is 8.66. The summed E-state index contributed by atoms with van der Waals surface area (Å²) in [7, 11) is 1.71. The molecule has 0 aromatic carbocycles. The van der Waals surface area contributed by atoms with Crippen LogP contribution in [-0.2, 0) is 16.1 Å². The lowest BCUT2D eigenvalue weighted by molar-refractivity contribution is -0.121. The number of anilines is 1. The van der Waals surface area contributed by atoms with Crippen LogP contribution in [-0.4, -0.2) is 73.7 Å². The Bertz CT molecular complexity index is 727. The highest BCUT2D eigenvalue weighted by molar-refractivity contribution is 14.0. The lowest BCUT2D eigenvalue weighted by Crippen LogP contribution is -2.46. The second kappa shape index (κ2) is 13.2. The predicted molar refractivity (Wildman–Crippen MR) is 140 cm³/mol. The van der Waals surface area contributed by atoms with E-state index in [1.54, 1.807) is 7.05 Å². The fourth-order valence-electron chi connectivity index (χ4n) is 4.37. The molecule has 2 fully saturated rings. The Labute approximate surface area is 209 Å². The number of nitrogens with one attached hydrogen (secondary N) is 2. The fourth-order valence-corrected chi connectivity index (χ4v) is 4.37. The van der Waals surface area contributed by atoms with Crippen molar-refractivity contribution in [2.24, 2.45) is 10.9 Å². The van der Waals surface area contributed by atoms with Crippen LogP contribution in [0.5, 0.6) is 0 Å². The number of carbonyl (C=O) groups is 1. The molecule has 1 aromatic heterocycles. The topological polar surface area (TPSA) is 82.1 Å². The van der Waals surface area contributed by atoms with E-state index in [-0.39, 0.29) is 42.1 Å². The maximum Gasteiger partial charge on any atom is 0.220 e. The van der Waals surface area contributed by atoms with Crippen LogP contribution in [0.3, 0.4) is 0 Å². The lowest BCUT2D eigenvalue weighted by atomic mass is 9.93. The second-order valence-electron chi connectivity index (χ2n) is 8.66. The van der Waals surface area contributed by atoms with Crippen molar-refractivity contribution in [3.63, 3.8) is 0 Å². The number of ether oxygens (including phenoxy) is 1. The fraction of sp³-hybridized carbons (Fsp3) is 0.696. The Balaban J connectivity index is 0.00000363. The molecule has 8 nitrogen and oxygen atoms in total. The van der Waals surface area contributed by atoms with E-state index in [0.29, 0.717) is 18.9 Å². The number of aromatic nitrogens is 1. The third kappa shape index (κ3) is 7.75. The molecule has 3 rings (SSSR count). The van der Waals surface area contributed by atoms with Gasteiger partial charge in [0.1, 0.15) is 5.82 Å². The SMILES string of the molecule is CCNC(=NCc1ccc(N2CC(C)OC(C)C2)nc1)N1CCC(CC(=O)NC)CC1.I. The molecular weight excluding hydrogens is 519 g/mol. The van der Waals surface area contributed by atoms with Crippen molar-refractivity contribution < 1.29 is 9.53 Å². The van der Waals surface area contributed by atoms with E-state index < -0.39 is 0 Å². The summed E-state index contributed by atoms with van der Waals surface area (Å²) in [5.41, 5.74) is 1.10. The monoisotopic (exact) mass is 558 g/mol. The average Bonchev–Trinajstić information content (AvgIpc) is 2.77. The highest BCUT2D eigenvalue weighted by Crippen LogP contribution is 2.21. The summed E-state index contributed by atoms with van der Waals surface area (Å²) in [5.74, 6) is 2.54. The molecule has 0 spiro atoms. The Hall–Kier alpha value is -1.62. The van der Waals surface area contributed by atoms with Crippen LogP contribution in [0.4, 0.5) is 5.82 Å². The first-order valence-corrected chi connectivity index (χ1v) is 11.6. The molecule has 32 heavy (non-hydrogen) atoms. The van der Waals surface area contributed by atoms with Crippen LogP contribution in [0, 0.1) is 5.92 Å². The molecule has 1 amide bonds. The number of halogens is 1. The molecule has 0 aliphatic carbocycles. The van der Waals surface area contributed by atoms with Gasteiger partial charge in [-0.3, -0.25) is 4.79 Å². The van der Waals surface area contributed by atoms with Crippen LogP contribution in [0.1, 0.15) is 45.6 Å². The number of carbonyl (C=O) groups excluding carboxylic acids is 1. The van der Waals surface area contributed by atoms with E-state index >= 15 is 0 Å². The van der Waals surface area contributed by atoms with Crippen molar-refractivity contribution in [3.05, 3.63) is 23.9 Å².